The zero-order chi connectivity index (χ0) is 22.4. The van der Waals surface area contributed by atoms with E-state index in [1.54, 1.807) is 0 Å². The second-order valence-electron chi connectivity index (χ2n) is 10.8. The van der Waals surface area contributed by atoms with Crippen molar-refractivity contribution in [2.75, 3.05) is 18.0 Å². The van der Waals surface area contributed by atoms with Crippen LogP contribution in [0.2, 0.25) is 0 Å². The Morgan fingerprint density at radius 2 is 2.16 bits per heavy atom. The third-order valence-electron chi connectivity index (χ3n) is 8.98. The van der Waals surface area contributed by atoms with Gasteiger partial charge in [0.2, 0.25) is 5.43 Å². The summed E-state index contributed by atoms with van der Waals surface area (Å²) in [6.45, 7) is 6.74. The van der Waals surface area contributed by atoms with Crippen LogP contribution >= 0.6 is 0 Å². The maximum absolute atomic E-state index is 15.1. The van der Waals surface area contributed by atoms with Gasteiger partial charge in [0.25, 0.3) is 0 Å². The molecule has 4 bridgehead atoms. The minimum atomic E-state index is -1.29. The number of rotatable bonds is 4. The number of nitrogens with zero attached hydrogens (tertiary/aromatic N) is 3. The molecule has 4 heterocycles. The van der Waals surface area contributed by atoms with Crippen molar-refractivity contribution in [2.45, 2.75) is 58.2 Å². The third-order valence-corrected chi connectivity index (χ3v) is 8.98. The number of halogens is 1. The number of anilines is 1. The van der Waals surface area contributed by atoms with Crippen LogP contribution in [0.15, 0.2) is 17.1 Å². The van der Waals surface area contributed by atoms with Crippen LogP contribution in [0.4, 0.5) is 10.2 Å². The molecule has 170 valence electrons. The van der Waals surface area contributed by atoms with Crippen LogP contribution in [0.3, 0.4) is 0 Å². The van der Waals surface area contributed by atoms with Crippen LogP contribution in [0.25, 0.3) is 11.0 Å². The van der Waals surface area contributed by atoms with E-state index in [4.69, 9.17) is 0 Å². The van der Waals surface area contributed by atoms with Crippen LogP contribution < -0.4 is 15.6 Å². The van der Waals surface area contributed by atoms with Gasteiger partial charge in [-0.2, -0.15) is 0 Å². The smallest absolute Gasteiger partial charge is 0.341 e. The number of carboxylic acid groups (broad SMARTS) is 1. The highest BCUT2D eigenvalue weighted by molar-refractivity contribution is 5.92. The Morgan fingerprint density at radius 1 is 1.34 bits per heavy atom. The van der Waals surface area contributed by atoms with Gasteiger partial charge < -0.3 is 19.9 Å². The molecule has 5 fully saturated rings. The molecular weight excluding hydrogens is 411 g/mol. The highest BCUT2D eigenvalue weighted by Crippen LogP contribution is 2.61. The summed E-state index contributed by atoms with van der Waals surface area (Å²) in [5.74, 6) is 0.161. The SMILES string of the molecule is CC1(C)[C@H]2CC[C@@H](Cn3cc(C(=O)O)c(=O)c4cc(F)c(N5C[C@@H]6C[C@H]5CN6)nc43)[C@H]1C2. The first-order valence-electron chi connectivity index (χ1n) is 11.7. The number of piperazine rings is 1. The van der Waals surface area contributed by atoms with E-state index in [0.29, 0.717) is 42.0 Å². The lowest BCUT2D eigenvalue weighted by atomic mass is 9.45. The molecule has 2 aromatic heterocycles. The summed E-state index contributed by atoms with van der Waals surface area (Å²) < 4.78 is 17.0. The first-order valence-corrected chi connectivity index (χ1v) is 11.7. The number of hydrogen-bond acceptors (Lipinski definition) is 5. The molecule has 5 aliphatic rings. The normalized spacial score (nSPS) is 32.3. The Balaban J connectivity index is 1.46. The minimum Gasteiger partial charge on any atom is -0.477 e. The van der Waals surface area contributed by atoms with Gasteiger partial charge in [0, 0.05) is 37.9 Å². The van der Waals surface area contributed by atoms with E-state index in [1.165, 1.54) is 25.1 Å². The van der Waals surface area contributed by atoms with Crippen molar-refractivity contribution in [3.8, 4) is 0 Å². The molecule has 5 atom stereocenters. The standard InChI is InChI=1S/C24H29FN4O3/c1-24(2)13-4-3-12(18(24)5-13)9-28-11-17(23(31)32)20(30)16-7-19(25)22(27-21(16)28)29-10-14-6-15(29)8-26-14/h7,11-15,18,26H,3-6,8-10H2,1-2H3,(H,31,32)/t12-,13-,14-,15-,18+/m0/s1. The number of carboxylic acids is 1. The molecule has 7 rings (SSSR count). The number of hydrogen-bond donors (Lipinski definition) is 2. The molecule has 2 aromatic rings. The van der Waals surface area contributed by atoms with Crippen LogP contribution in [0.5, 0.6) is 0 Å². The monoisotopic (exact) mass is 440 g/mol. The zero-order valence-corrected chi connectivity index (χ0v) is 18.5. The quantitative estimate of drug-likeness (QED) is 0.760. The lowest BCUT2D eigenvalue weighted by Gasteiger charge is -2.60. The Labute approximate surface area is 185 Å². The summed E-state index contributed by atoms with van der Waals surface area (Å²) in [4.78, 5) is 31.3. The van der Waals surface area contributed by atoms with Gasteiger partial charge in [-0.3, -0.25) is 4.79 Å². The van der Waals surface area contributed by atoms with E-state index in [0.717, 1.165) is 25.3 Å². The van der Waals surface area contributed by atoms with Gasteiger partial charge >= 0.3 is 5.97 Å². The van der Waals surface area contributed by atoms with E-state index >= 15 is 4.39 Å². The van der Waals surface area contributed by atoms with E-state index in [9.17, 15) is 14.7 Å². The highest BCUT2D eigenvalue weighted by Gasteiger charge is 2.54. The van der Waals surface area contributed by atoms with Gasteiger partial charge in [-0.15, -0.1) is 0 Å². The van der Waals surface area contributed by atoms with Crippen LogP contribution in [-0.4, -0.2) is 45.8 Å². The van der Waals surface area contributed by atoms with Crippen molar-refractivity contribution >= 4 is 22.8 Å². The lowest BCUT2D eigenvalue weighted by Crippen LogP contribution is -2.53. The number of fused-ring (bicyclic) bond motifs is 5. The van der Waals surface area contributed by atoms with Crippen LogP contribution in [0, 0.1) is 29.0 Å². The average Bonchev–Trinajstić information content (AvgIpc) is 3.39. The topological polar surface area (TPSA) is 87.5 Å². The van der Waals surface area contributed by atoms with Gasteiger partial charge in [-0.05, 0) is 54.9 Å². The Morgan fingerprint density at radius 3 is 2.78 bits per heavy atom. The average molecular weight is 441 g/mol. The predicted molar refractivity (Wildman–Crippen MR) is 119 cm³/mol. The molecule has 0 spiro atoms. The van der Waals surface area contributed by atoms with Crippen molar-refractivity contribution in [3.63, 3.8) is 0 Å². The van der Waals surface area contributed by atoms with Gasteiger partial charge in [-0.25, -0.2) is 14.2 Å². The number of nitrogens with one attached hydrogen (secondary N) is 1. The fourth-order valence-electron chi connectivity index (χ4n) is 7.02. The molecule has 3 aliphatic carbocycles. The molecule has 0 amide bonds. The molecule has 3 saturated carbocycles. The van der Waals surface area contributed by atoms with E-state index in [1.807, 2.05) is 9.47 Å². The Bertz CT molecular complexity index is 1190. The van der Waals surface area contributed by atoms with Gasteiger partial charge in [0.05, 0.1) is 5.39 Å². The fraction of sp³-hybridized carbons (Fsp3) is 0.625. The third kappa shape index (κ3) is 2.77. The number of carbonyl (C=O) groups is 1. The van der Waals surface area contributed by atoms with E-state index < -0.39 is 17.2 Å². The summed E-state index contributed by atoms with van der Waals surface area (Å²) in [6.07, 6.45) is 5.86. The first kappa shape index (κ1) is 20.1. The molecule has 0 aromatic carbocycles. The largest absolute Gasteiger partial charge is 0.477 e. The molecule has 8 heteroatoms. The second-order valence-corrected chi connectivity index (χ2v) is 10.8. The predicted octanol–water partition coefficient (Wildman–Crippen LogP) is 2.86. The summed E-state index contributed by atoms with van der Waals surface area (Å²) in [6, 6.07) is 1.74. The number of pyridine rings is 2. The molecule has 2 N–H and O–H groups in total. The maximum Gasteiger partial charge on any atom is 0.341 e. The Kier molecular flexibility index (Phi) is 4.26. The molecule has 0 radical (unpaired) electrons. The highest BCUT2D eigenvalue weighted by atomic mass is 19.1. The number of aromatic carboxylic acids is 1. The summed E-state index contributed by atoms with van der Waals surface area (Å²) >= 11 is 0. The summed E-state index contributed by atoms with van der Waals surface area (Å²) in [7, 11) is 0. The van der Waals surface area contributed by atoms with Crippen molar-refractivity contribution in [2.24, 2.45) is 23.2 Å². The maximum atomic E-state index is 15.1. The van der Waals surface area contributed by atoms with Crippen LogP contribution in [0.1, 0.15) is 49.9 Å². The van der Waals surface area contributed by atoms with Crippen molar-refractivity contribution in [1.29, 1.82) is 0 Å². The molecular formula is C24H29FN4O3. The minimum absolute atomic E-state index is 0.0511. The van der Waals surface area contributed by atoms with Gasteiger partial charge in [-0.1, -0.05) is 13.8 Å². The molecule has 0 unspecified atom stereocenters. The van der Waals surface area contributed by atoms with Crippen LogP contribution in [-0.2, 0) is 6.54 Å². The Hall–Kier alpha value is -2.48. The zero-order valence-electron chi connectivity index (χ0n) is 18.5. The lowest BCUT2D eigenvalue weighted by molar-refractivity contribution is -0.108. The molecule has 7 nitrogen and oxygen atoms in total. The first-order chi connectivity index (χ1) is 15.2. The van der Waals surface area contributed by atoms with Crippen molar-refractivity contribution in [3.05, 3.63) is 33.9 Å². The van der Waals surface area contributed by atoms with E-state index in [2.05, 4.69) is 24.1 Å². The number of aromatic nitrogens is 2. The molecule has 2 saturated heterocycles. The summed E-state index contributed by atoms with van der Waals surface area (Å²) in [5, 5.41) is 13.1. The van der Waals surface area contributed by atoms with E-state index in [-0.39, 0.29) is 22.8 Å². The fourth-order valence-corrected chi connectivity index (χ4v) is 7.02. The molecule has 2 aliphatic heterocycles. The second kappa shape index (κ2) is 6.76. The van der Waals surface area contributed by atoms with Gasteiger partial charge in [0.1, 0.15) is 11.2 Å². The van der Waals surface area contributed by atoms with Crippen molar-refractivity contribution < 1.29 is 14.3 Å². The van der Waals surface area contributed by atoms with Gasteiger partial charge in [0.15, 0.2) is 11.6 Å². The molecule has 32 heavy (non-hydrogen) atoms. The van der Waals surface area contributed by atoms with Crippen molar-refractivity contribution in [1.82, 2.24) is 14.9 Å². The summed E-state index contributed by atoms with van der Waals surface area (Å²) in [5.41, 5.74) is -0.303.